The number of hydrogen-bond donors (Lipinski definition) is 1. The van der Waals surface area contributed by atoms with Crippen LogP contribution in [0.5, 0.6) is 0 Å². The molecule has 0 fully saturated rings. The number of esters is 1. The standard InChI is InChI=1S/C21H22F2O3/c1-15(2)21(25,11-10-16-8-9-18(22)19(23)12-16)13-20(24)26-14-17-6-4-3-5-7-17/h3-12,15,25H,13-14H2,1-2H3/b11-10+. The number of hydrogen-bond acceptors (Lipinski definition) is 3. The van der Waals surface area contributed by atoms with Crippen molar-refractivity contribution in [3.63, 3.8) is 0 Å². The van der Waals surface area contributed by atoms with E-state index >= 15 is 0 Å². The number of aliphatic hydroxyl groups is 1. The highest BCUT2D eigenvalue weighted by molar-refractivity contribution is 5.71. The molecule has 0 saturated heterocycles. The first kappa shape index (κ1) is 19.8. The number of carbonyl (C=O) groups is 1. The van der Waals surface area contributed by atoms with Gasteiger partial charge in [-0.15, -0.1) is 0 Å². The van der Waals surface area contributed by atoms with Gasteiger partial charge in [-0.2, -0.15) is 0 Å². The summed E-state index contributed by atoms with van der Waals surface area (Å²) in [5, 5.41) is 10.8. The van der Waals surface area contributed by atoms with Crippen molar-refractivity contribution in [3.05, 3.63) is 77.4 Å². The highest BCUT2D eigenvalue weighted by Crippen LogP contribution is 2.25. The molecule has 0 heterocycles. The average molecular weight is 360 g/mol. The predicted molar refractivity (Wildman–Crippen MR) is 96.0 cm³/mol. The molecule has 138 valence electrons. The van der Waals surface area contributed by atoms with Crippen LogP contribution in [0.4, 0.5) is 8.78 Å². The minimum atomic E-state index is -1.46. The van der Waals surface area contributed by atoms with Crippen LogP contribution >= 0.6 is 0 Å². The first-order valence-corrected chi connectivity index (χ1v) is 8.36. The van der Waals surface area contributed by atoms with E-state index in [9.17, 15) is 18.7 Å². The van der Waals surface area contributed by atoms with Gasteiger partial charge in [0, 0.05) is 0 Å². The Morgan fingerprint density at radius 1 is 1.15 bits per heavy atom. The summed E-state index contributed by atoms with van der Waals surface area (Å²) in [5.41, 5.74) is -0.217. The highest BCUT2D eigenvalue weighted by atomic mass is 19.2. The maximum Gasteiger partial charge on any atom is 0.309 e. The Hall–Kier alpha value is -2.53. The molecule has 3 nitrogen and oxygen atoms in total. The molecule has 5 heteroatoms. The summed E-state index contributed by atoms with van der Waals surface area (Å²) in [4.78, 5) is 12.1. The lowest BCUT2D eigenvalue weighted by Crippen LogP contribution is -2.35. The van der Waals surface area contributed by atoms with Gasteiger partial charge in [0.25, 0.3) is 0 Å². The van der Waals surface area contributed by atoms with Gasteiger partial charge in [-0.3, -0.25) is 4.79 Å². The van der Waals surface area contributed by atoms with Gasteiger partial charge in [-0.1, -0.05) is 62.4 Å². The third kappa shape index (κ3) is 5.49. The van der Waals surface area contributed by atoms with Gasteiger partial charge in [-0.25, -0.2) is 8.78 Å². The van der Waals surface area contributed by atoms with E-state index in [0.717, 1.165) is 17.7 Å². The van der Waals surface area contributed by atoms with Crippen molar-refractivity contribution in [1.82, 2.24) is 0 Å². The molecule has 0 spiro atoms. The van der Waals surface area contributed by atoms with Crippen LogP contribution < -0.4 is 0 Å². The molecule has 2 rings (SSSR count). The Morgan fingerprint density at radius 3 is 2.46 bits per heavy atom. The van der Waals surface area contributed by atoms with Crippen molar-refractivity contribution in [2.24, 2.45) is 5.92 Å². The number of halogens is 2. The first-order chi connectivity index (χ1) is 12.3. The SMILES string of the molecule is CC(C)C(O)(/C=C/c1ccc(F)c(F)c1)CC(=O)OCc1ccccc1. The lowest BCUT2D eigenvalue weighted by atomic mass is 9.86. The molecule has 1 unspecified atom stereocenters. The molecule has 0 aliphatic heterocycles. The van der Waals surface area contributed by atoms with Crippen LogP contribution in [0.25, 0.3) is 6.08 Å². The number of carbonyl (C=O) groups excluding carboxylic acids is 1. The molecule has 2 aromatic carbocycles. The van der Waals surface area contributed by atoms with E-state index in [1.807, 2.05) is 30.3 Å². The summed E-state index contributed by atoms with van der Waals surface area (Å²) in [7, 11) is 0. The van der Waals surface area contributed by atoms with E-state index < -0.39 is 23.2 Å². The second-order valence-electron chi connectivity index (χ2n) is 6.48. The molecular formula is C21H22F2O3. The van der Waals surface area contributed by atoms with E-state index in [1.54, 1.807) is 13.8 Å². The normalized spacial score (nSPS) is 13.8. The van der Waals surface area contributed by atoms with Gasteiger partial charge in [-0.05, 0) is 29.2 Å². The van der Waals surface area contributed by atoms with Gasteiger partial charge in [0.15, 0.2) is 11.6 Å². The van der Waals surface area contributed by atoms with Gasteiger partial charge >= 0.3 is 5.97 Å². The molecule has 2 aromatic rings. The van der Waals surface area contributed by atoms with Crippen LogP contribution in [-0.4, -0.2) is 16.7 Å². The van der Waals surface area contributed by atoms with Gasteiger partial charge in [0.05, 0.1) is 12.0 Å². The van der Waals surface area contributed by atoms with E-state index in [2.05, 4.69) is 0 Å². The molecule has 0 aliphatic rings. The van der Waals surface area contributed by atoms with E-state index in [0.29, 0.717) is 5.56 Å². The third-order valence-corrected chi connectivity index (χ3v) is 4.18. The van der Waals surface area contributed by atoms with Crippen molar-refractivity contribution in [2.75, 3.05) is 0 Å². The van der Waals surface area contributed by atoms with Gasteiger partial charge in [0.1, 0.15) is 6.61 Å². The fraction of sp³-hybridized carbons (Fsp3) is 0.286. The lowest BCUT2D eigenvalue weighted by molar-refractivity contribution is -0.150. The molecule has 0 aromatic heterocycles. The Bertz CT molecular complexity index is 772. The topological polar surface area (TPSA) is 46.5 Å². The van der Waals surface area contributed by atoms with E-state index in [4.69, 9.17) is 4.74 Å². The Balaban J connectivity index is 2.04. The fourth-order valence-electron chi connectivity index (χ4n) is 2.33. The summed E-state index contributed by atoms with van der Waals surface area (Å²) in [6.45, 7) is 3.65. The first-order valence-electron chi connectivity index (χ1n) is 8.36. The Labute approximate surface area is 151 Å². The molecule has 0 amide bonds. The van der Waals surface area contributed by atoms with Crippen LogP contribution in [0.15, 0.2) is 54.6 Å². The average Bonchev–Trinajstić information content (AvgIpc) is 2.62. The largest absolute Gasteiger partial charge is 0.461 e. The summed E-state index contributed by atoms with van der Waals surface area (Å²) < 4.78 is 31.5. The van der Waals surface area contributed by atoms with Crippen molar-refractivity contribution < 1.29 is 23.4 Å². The third-order valence-electron chi connectivity index (χ3n) is 4.18. The second kappa shape index (κ2) is 8.72. The summed E-state index contributed by atoms with van der Waals surface area (Å²) in [6.07, 6.45) is 2.65. The number of rotatable bonds is 7. The summed E-state index contributed by atoms with van der Waals surface area (Å²) >= 11 is 0. The predicted octanol–water partition coefficient (Wildman–Crippen LogP) is 4.50. The van der Waals surface area contributed by atoms with Crippen molar-refractivity contribution in [2.45, 2.75) is 32.5 Å². The van der Waals surface area contributed by atoms with Crippen LogP contribution in [0.3, 0.4) is 0 Å². The number of ether oxygens (including phenoxy) is 1. The molecule has 1 N–H and O–H groups in total. The maximum absolute atomic E-state index is 13.3. The minimum Gasteiger partial charge on any atom is -0.461 e. The Kier molecular flexibility index (Phi) is 6.64. The van der Waals surface area contributed by atoms with Crippen LogP contribution in [0.2, 0.25) is 0 Å². The molecule has 26 heavy (non-hydrogen) atoms. The monoisotopic (exact) mass is 360 g/mol. The molecule has 1 atom stereocenters. The summed E-state index contributed by atoms with van der Waals surface area (Å²) in [5.74, 6) is -2.73. The fourth-order valence-corrected chi connectivity index (χ4v) is 2.33. The van der Waals surface area contributed by atoms with E-state index in [-0.39, 0.29) is 18.9 Å². The highest BCUT2D eigenvalue weighted by Gasteiger charge is 2.31. The van der Waals surface area contributed by atoms with Crippen LogP contribution in [0.1, 0.15) is 31.4 Å². The molecule has 0 aliphatic carbocycles. The van der Waals surface area contributed by atoms with Crippen LogP contribution in [0, 0.1) is 17.6 Å². The lowest BCUT2D eigenvalue weighted by Gasteiger charge is -2.28. The second-order valence-corrected chi connectivity index (χ2v) is 6.48. The summed E-state index contributed by atoms with van der Waals surface area (Å²) in [6, 6.07) is 12.7. The zero-order valence-electron chi connectivity index (χ0n) is 14.8. The van der Waals surface area contributed by atoms with Crippen LogP contribution in [-0.2, 0) is 16.1 Å². The van der Waals surface area contributed by atoms with Crippen molar-refractivity contribution >= 4 is 12.0 Å². The molecular weight excluding hydrogens is 338 g/mol. The van der Waals surface area contributed by atoms with E-state index in [1.165, 1.54) is 18.2 Å². The van der Waals surface area contributed by atoms with Gasteiger partial charge in [0.2, 0.25) is 0 Å². The Morgan fingerprint density at radius 2 is 1.85 bits per heavy atom. The van der Waals surface area contributed by atoms with Crippen molar-refractivity contribution in [1.29, 1.82) is 0 Å². The molecule has 0 radical (unpaired) electrons. The molecule has 0 bridgehead atoms. The van der Waals surface area contributed by atoms with Gasteiger partial charge < -0.3 is 9.84 Å². The molecule has 0 saturated carbocycles. The zero-order chi connectivity index (χ0) is 19.2. The quantitative estimate of drug-likeness (QED) is 0.740. The maximum atomic E-state index is 13.3. The number of benzene rings is 2. The zero-order valence-corrected chi connectivity index (χ0v) is 14.8. The van der Waals surface area contributed by atoms with Crippen molar-refractivity contribution in [3.8, 4) is 0 Å². The minimum absolute atomic E-state index is 0.126. The smallest absolute Gasteiger partial charge is 0.309 e.